The summed E-state index contributed by atoms with van der Waals surface area (Å²) in [7, 11) is 4.50. The van der Waals surface area contributed by atoms with Gasteiger partial charge in [-0.15, -0.1) is 0 Å². The van der Waals surface area contributed by atoms with Gasteiger partial charge in [0.05, 0.1) is 0 Å². The summed E-state index contributed by atoms with van der Waals surface area (Å²) in [5.41, 5.74) is 0. The van der Waals surface area contributed by atoms with E-state index in [1.807, 2.05) is 0 Å². The van der Waals surface area contributed by atoms with Crippen LogP contribution in [-0.2, 0) is 4.74 Å². The van der Waals surface area contributed by atoms with Crippen molar-refractivity contribution in [1.82, 2.24) is 15.1 Å². The zero-order valence-corrected chi connectivity index (χ0v) is 12.0. The number of nitrogens with zero attached hydrogens (tertiary/aromatic N) is 2. The Bertz CT molecular complexity index is 231. The predicted molar refractivity (Wildman–Crippen MR) is 75.0 cm³/mol. The Hall–Kier alpha value is -0.160. The Morgan fingerprint density at radius 2 is 2.06 bits per heavy atom. The number of likely N-dealkylation sites (N-methyl/N-ethyl adjacent to an activating group) is 2. The zero-order chi connectivity index (χ0) is 12.8. The third kappa shape index (κ3) is 4.50. The van der Waals surface area contributed by atoms with E-state index in [4.69, 9.17) is 4.74 Å². The van der Waals surface area contributed by atoms with Crippen molar-refractivity contribution in [2.24, 2.45) is 0 Å². The van der Waals surface area contributed by atoms with E-state index in [1.165, 1.54) is 38.8 Å². The largest absolute Gasteiger partial charge is 0.381 e. The molecule has 106 valence electrons. The molecule has 1 atom stereocenters. The Morgan fingerprint density at radius 1 is 1.28 bits per heavy atom. The number of nitrogens with one attached hydrogen (secondary N) is 1. The van der Waals surface area contributed by atoms with Crippen molar-refractivity contribution < 1.29 is 4.74 Å². The van der Waals surface area contributed by atoms with Gasteiger partial charge in [-0.1, -0.05) is 0 Å². The first-order chi connectivity index (χ1) is 8.75. The van der Waals surface area contributed by atoms with Crippen molar-refractivity contribution in [3.8, 4) is 0 Å². The standard InChI is InChI=1S/C14H29N3O/c1-16(12-14-4-3-8-17(14)2)9-7-15-13-5-10-18-11-6-13/h13-15H,3-12H2,1-2H3. The van der Waals surface area contributed by atoms with Crippen molar-refractivity contribution in [2.45, 2.75) is 37.8 Å². The molecule has 4 nitrogen and oxygen atoms in total. The number of ether oxygens (including phenoxy) is 1. The van der Waals surface area contributed by atoms with E-state index in [2.05, 4.69) is 29.2 Å². The second kappa shape index (κ2) is 7.43. The van der Waals surface area contributed by atoms with E-state index in [0.29, 0.717) is 6.04 Å². The molecule has 0 aromatic carbocycles. The van der Waals surface area contributed by atoms with Crippen LogP contribution in [0, 0.1) is 0 Å². The van der Waals surface area contributed by atoms with E-state index in [1.54, 1.807) is 0 Å². The maximum Gasteiger partial charge on any atom is 0.0480 e. The molecule has 0 spiro atoms. The highest BCUT2D eigenvalue weighted by atomic mass is 16.5. The Labute approximate surface area is 112 Å². The van der Waals surface area contributed by atoms with Crippen LogP contribution < -0.4 is 5.32 Å². The molecule has 4 heteroatoms. The summed E-state index contributed by atoms with van der Waals surface area (Å²) in [5, 5.41) is 3.65. The summed E-state index contributed by atoms with van der Waals surface area (Å²) in [5.74, 6) is 0. The Kier molecular flexibility index (Phi) is 5.89. The molecule has 0 radical (unpaired) electrons. The number of hydrogen-bond donors (Lipinski definition) is 1. The molecule has 2 fully saturated rings. The molecule has 2 aliphatic rings. The summed E-state index contributed by atoms with van der Waals surface area (Å²) in [6, 6.07) is 1.46. The summed E-state index contributed by atoms with van der Waals surface area (Å²) in [4.78, 5) is 4.97. The average molecular weight is 255 g/mol. The van der Waals surface area contributed by atoms with Gasteiger partial charge in [-0.2, -0.15) is 0 Å². The molecular weight excluding hydrogens is 226 g/mol. The van der Waals surface area contributed by atoms with Crippen LogP contribution in [0.1, 0.15) is 25.7 Å². The van der Waals surface area contributed by atoms with Gasteiger partial charge in [0.25, 0.3) is 0 Å². The second-order valence-corrected chi connectivity index (χ2v) is 5.88. The van der Waals surface area contributed by atoms with Crippen LogP contribution in [0.25, 0.3) is 0 Å². The molecular formula is C14H29N3O. The molecule has 2 saturated heterocycles. The number of likely N-dealkylation sites (tertiary alicyclic amines) is 1. The van der Waals surface area contributed by atoms with Gasteiger partial charge in [-0.05, 0) is 46.3 Å². The third-order valence-electron chi connectivity index (χ3n) is 4.34. The van der Waals surface area contributed by atoms with Gasteiger partial charge in [0.2, 0.25) is 0 Å². The molecule has 0 aliphatic carbocycles. The van der Waals surface area contributed by atoms with Gasteiger partial charge in [0.1, 0.15) is 0 Å². The van der Waals surface area contributed by atoms with Crippen molar-refractivity contribution in [3.05, 3.63) is 0 Å². The van der Waals surface area contributed by atoms with Crippen molar-refractivity contribution in [1.29, 1.82) is 0 Å². The first kappa shape index (κ1) is 14.3. The first-order valence-electron chi connectivity index (χ1n) is 7.45. The van der Waals surface area contributed by atoms with Crippen LogP contribution in [0.15, 0.2) is 0 Å². The monoisotopic (exact) mass is 255 g/mol. The summed E-state index contributed by atoms with van der Waals surface area (Å²) in [6.07, 6.45) is 5.09. The third-order valence-corrected chi connectivity index (χ3v) is 4.34. The van der Waals surface area contributed by atoms with Crippen LogP contribution in [0.4, 0.5) is 0 Å². The van der Waals surface area contributed by atoms with E-state index in [9.17, 15) is 0 Å². The molecule has 0 amide bonds. The van der Waals surface area contributed by atoms with E-state index in [-0.39, 0.29) is 0 Å². The minimum Gasteiger partial charge on any atom is -0.381 e. The number of rotatable bonds is 6. The van der Waals surface area contributed by atoms with Crippen molar-refractivity contribution in [3.63, 3.8) is 0 Å². The smallest absolute Gasteiger partial charge is 0.0480 e. The fraction of sp³-hybridized carbons (Fsp3) is 1.00. The summed E-state index contributed by atoms with van der Waals surface area (Å²) < 4.78 is 5.37. The van der Waals surface area contributed by atoms with Crippen LogP contribution in [0.3, 0.4) is 0 Å². The van der Waals surface area contributed by atoms with E-state index < -0.39 is 0 Å². The second-order valence-electron chi connectivity index (χ2n) is 5.88. The zero-order valence-electron chi connectivity index (χ0n) is 12.0. The topological polar surface area (TPSA) is 27.7 Å². The van der Waals surface area contributed by atoms with E-state index in [0.717, 1.165) is 32.3 Å². The molecule has 0 saturated carbocycles. The molecule has 2 heterocycles. The van der Waals surface area contributed by atoms with Gasteiger partial charge in [-0.25, -0.2) is 0 Å². The maximum atomic E-state index is 5.37. The van der Waals surface area contributed by atoms with Gasteiger partial charge >= 0.3 is 0 Å². The normalized spacial score (nSPS) is 27.2. The lowest BCUT2D eigenvalue weighted by Crippen LogP contribution is -2.42. The fourth-order valence-corrected chi connectivity index (χ4v) is 3.02. The molecule has 2 rings (SSSR count). The Balaban J connectivity index is 1.55. The van der Waals surface area contributed by atoms with Crippen LogP contribution >= 0.6 is 0 Å². The molecule has 18 heavy (non-hydrogen) atoms. The van der Waals surface area contributed by atoms with Gasteiger partial charge < -0.3 is 19.9 Å². The molecule has 1 unspecified atom stereocenters. The quantitative estimate of drug-likeness (QED) is 0.759. The van der Waals surface area contributed by atoms with Crippen molar-refractivity contribution >= 4 is 0 Å². The molecule has 0 aromatic rings. The fourth-order valence-electron chi connectivity index (χ4n) is 3.02. The lowest BCUT2D eigenvalue weighted by atomic mass is 10.1. The first-order valence-corrected chi connectivity index (χ1v) is 7.45. The minimum absolute atomic E-state index is 0.682. The number of hydrogen-bond acceptors (Lipinski definition) is 4. The highest BCUT2D eigenvalue weighted by Gasteiger charge is 2.21. The lowest BCUT2D eigenvalue weighted by molar-refractivity contribution is 0.0772. The highest BCUT2D eigenvalue weighted by molar-refractivity contribution is 4.79. The lowest BCUT2D eigenvalue weighted by Gasteiger charge is -2.27. The summed E-state index contributed by atoms with van der Waals surface area (Å²) >= 11 is 0. The van der Waals surface area contributed by atoms with Gasteiger partial charge in [0, 0.05) is 44.9 Å². The van der Waals surface area contributed by atoms with Crippen LogP contribution in [0.5, 0.6) is 0 Å². The molecule has 2 aliphatic heterocycles. The molecule has 0 bridgehead atoms. The predicted octanol–water partition coefficient (Wildman–Crippen LogP) is 0.781. The van der Waals surface area contributed by atoms with Crippen LogP contribution in [0.2, 0.25) is 0 Å². The molecule has 1 N–H and O–H groups in total. The van der Waals surface area contributed by atoms with E-state index >= 15 is 0 Å². The van der Waals surface area contributed by atoms with Gasteiger partial charge in [-0.3, -0.25) is 0 Å². The van der Waals surface area contributed by atoms with Crippen LogP contribution in [-0.4, -0.2) is 75.4 Å². The van der Waals surface area contributed by atoms with Crippen molar-refractivity contribution in [2.75, 3.05) is 53.5 Å². The summed E-state index contributed by atoms with van der Waals surface area (Å²) in [6.45, 7) is 6.62. The average Bonchev–Trinajstić information content (AvgIpc) is 2.76. The van der Waals surface area contributed by atoms with Gasteiger partial charge in [0.15, 0.2) is 0 Å². The highest BCUT2D eigenvalue weighted by Crippen LogP contribution is 2.15. The maximum absolute atomic E-state index is 5.37. The Morgan fingerprint density at radius 3 is 2.72 bits per heavy atom. The minimum atomic E-state index is 0.682. The molecule has 0 aromatic heterocycles. The SMILES string of the molecule is CN(CCNC1CCOCC1)CC1CCCN1C.